The Kier molecular flexibility index (Phi) is 4.41. The number of hydrogen-bond acceptors (Lipinski definition) is 3. The van der Waals surface area contributed by atoms with E-state index in [1.165, 1.54) is 4.31 Å². The van der Waals surface area contributed by atoms with Gasteiger partial charge < -0.3 is 5.11 Å². The fourth-order valence-corrected chi connectivity index (χ4v) is 3.94. The van der Waals surface area contributed by atoms with Crippen LogP contribution in [0.2, 0.25) is 0 Å². The van der Waals surface area contributed by atoms with E-state index in [4.69, 9.17) is 0 Å². The maximum atomic E-state index is 13.5. The van der Waals surface area contributed by atoms with Crippen molar-refractivity contribution in [3.05, 3.63) is 35.4 Å². The zero-order valence-corrected chi connectivity index (χ0v) is 11.9. The monoisotopic (exact) mass is 305 g/mol. The van der Waals surface area contributed by atoms with Crippen LogP contribution in [-0.4, -0.2) is 37.0 Å². The summed E-state index contributed by atoms with van der Waals surface area (Å²) in [5, 5.41) is 9.48. The van der Waals surface area contributed by atoms with E-state index in [1.54, 1.807) is 6.92 Å². The Hall–Kier alpha value is -1.05. The molecule has 1 aromatic carbocycles. The number of aliphatic hydroxyl groups excluding tert-OH is 1. The first kappa shape index (κ1) is 15.3. The Morgan fingerprint density at radius 3 is 2.70 bits per heavy atom. The van der Waals surface area contributed by atoms with Gasteiger partial charge in [-0.05, 0) is 25.3 Å². The van der Waals surface area contributed by atoms with Gasteiger partial charge in [0.15, 0.2) is 0 Å². The minimum atomic E-state index is -3.66. The lowest BCUT2D eigenvalue weighted by molar-refractivity contribution is 0.133. The van der Waals surface area contributed by atoms with Gasteiger partial charge in [-0.2, -0.15) is 0 Å². The normalized spacial score (nSPS) is 22.1. The number of nitrogens with zero attached hydrogens (tertiary/aromatic N) is 1. The standard InChI is InChI=1S/C13H17F2NO3S/c1-9(17)10-4-5-16(7-10)20(18,19)8-11-2-3-12(14)6-13(11)15/h2-3,6,9-10,17H,4-5,7-8H2,1H3. The van der Waals surface area contributed by atoms with Crippen molar-refractivity contribution in [2.45, 2.75) is 25.2 Å². The SMILES string of the molecule is CC(O)C1CCN(S(=O)(=O)Cc2ccc(F)cc2F)C1. The molecular weight excluding hydrogens is 288 g/mol. The van der Waals surface area contributed by atoms with Crippen LogP contribution in [0.3, 0.4) is 0 Å². The summed E-state index contributed by atoms with van der Waals surface area (Å²) < 4.78 is 51.9. The molecule has 0 bridgehead atoms. The van der Waals surface area contributed by atoms with Gasteiger partial charge in [-0.25, -0.2) is 21.5 Å². The van der Waals surface area contributed by atoms with E-state index in [2.05, 4.69) is 0 Å². The van der Waals surface area contributed by atoms with Crippen molar-refractivity contribution in [3.63, 3.8) is 0 Å². The third-order valence-corrected chi connectivity index (χ3v) is 5.41. The van der Waals surface area contributed by atoms with Gasteiger partial charge in [0.05, 0.1) is 11.9 Å². The van der Waals surface area contributed by atoms with E-state index in [0.717, 1.165) is 12.1 Å². The molecule has 2 unspecified atom stereocenters. The van der Waals surface area contributed by atoms with Gasteiger partial charge >= 0.3 is 0 Å². The largest absolute Gasteiger partial charge is 0.393 e. The van der Waals surface area contributed by atoms with Crippen LogP contribution < -0.4 is 0 Å². The lowest BCUT2D eigenvalue weighted by atomic mass is 10.0. The van der Waals surface area contributed by atoms with Crippen LogP contribution >= 0.6 is 0 Å². The molecule has 1 aromatic rings. The number of sulfonamides is 1. The van der Waals surface area contributed by atoms with Crippen molar-refractivity contribution in [3.8, 4) is 0 Å². The number of rotatable bonds is 4. The molecule has 1 saturated heterocycles. The fourth-order valence-electron chi connectivity index (χ4n) is 2.33. The predicted octanol–water partition coefficient (Wildman–Crippen LogP) is 1.50. The van der Waals surface area contributed by atoms with Gasteiger partial charge in [-0.15, -0.1) is 0 Å². The summed E-state index contributed by atoms with van der Waals surface area (Å²) in [6.07, 6.45) is 0.0146. The number of hydrogen-bond donors (Lipinski definition) is 1. The molecule has 112 valence electrons. The molecule has 1 fully saturated rings. The molecule has 7 heteroatoms. The van der Waals surface area contributed by atoms with Crippen LogP contribution in [-0.2, 0) is 15.8 Å². The molecule has 20 heavy (non-hydrogen) atoms. The highest BCUT2D eigenvalue weighted by Crippen LogP contribution is 2.24. The molecule has 2 rings (SSSR count). The number of halogens is 2. The van der Waals surface area contributed by atoms with Crippen LogP contribution in [0.4, 0.5) is 8.78 Å². The first-order chi connectivity index (χ1) is 9.29. The Balaban J connectivity index is 2.12. The van der Waals surface area contributed by atoms with E-state index < -0.39 is 33.5 Å². The van der Waals surface area contributed by atoms with E-state index >= 15 is 0 Å². The van der Waals surface area contributed by atoms with Gasteiger partial charge in [0.25, 0.3) is 0 Å². The van der Waals surface area contributed by atoms with Crippen LogP contribution in [0, 0.1) is 17.6 Å². The zero-order valence-electron chi connectivity index (χ0n) is 11.1. The Morgan fingerprint density at radius 2 is 2.15 bits per heavy atom. The molecule has 4 nitrogen and oxygen atoms in total. The Bertz CT molecular complexity index is 589. The van der Waals surface area contributed by atoms with Gasteiger partial charge in [-0.3, -0.25) is 0 Å². The van der Waals surface area contributed by atoms with Crippen molar-refractivity contribution < 1.29 is 22.3 Å². The van der Waals surface area contributed by atoms with Crippen LogP contribution in [0.1, 0.15) is 18.9 Å². The first-order valence-corrected chi connectivity index (χ1v) is 8.00. The number of benzene rings is 1. The van der Waals surface area contributed by atoms with Crippen molar-refractivity contribution in [1.82, 2.24) is 4.31 Å². The molecule has 0 radical (unpaired) electrons. The predicted molar refractivity (Wildman–Crippen MR) is 70.3 cm³/mol. The molecule has 1 aliphatic rings. The third kappa shape index (κ3) is 3.34. The topological polar surface area (TPSA) is 57.6 Å². The van der Waals surface area contributed by atoms with E-state index in [1.807, 2.05) is 0 Å². The highest BCUT2D eigenvalue weighted by atomic mass is 32.2. The summed E-state index contributed by atoms with van der Waals surface area (Å²) in [7, 11) is -3.66. The lowest BCUT2D eigenvalue weighted by Gasteiger charge is -2.18. The van der Waals surface area contributed by atoms with Crippen LogP contribution in [0.15, 0.2) is 18.2 Å². The third-order valence-electron chi connectivity index (χ3n) is 3.62. The second kappa shape index (κ2) is 5.75. The Morgan fingerprint density at radius 1 is 1.45 bits per heavy atom. The first-order valence-electron chi connectivity index (χ1n) is 6.39. The molecule has 1 N–H and O–H groups in total. The van der Waals surface area contributed by atoms with Crippen molar-refractivity contribution in [1.29, 1.82) is 0 Å². The summed E-state index contributed by atoms with van der Waals surface area (Å²) in [4.78, 5) is 0. The van der Waals surface area contributed by atoms with Crippen molar-refractivity contribution in [2.24, 2.45) is 5.92 Å². The molecule has 0 spiro atoms. The smallest absolute Gasteiger partial charge is 0.218 e. The summed E-state index contributed by atoms with van der Waals surface area (Å²) in [6, 6.07) is 2.86. The summed E-state index contributed by atoms with van der Waals surface area (Å²) in [5.41, 5.74) is -0.0492. The molecular formula is C13H17F2NO3S. The highest BCUT2D eigenvalue weighted by Gasteiger charge is 2.33. The Labute approximate surface area is 117 Å². The van der Waals surface area contributed by atoms with E-state index in [0.29, 0.717) is 19.0 Å². The average molecular weight is 305 g/mol. The summed E-state index contributed by atoms with van der Waals surface area (Å²) in [6.45, 7) is 2.18. The molecule has 1 heterocycles. The quantitative estimate of drug-likeness (QED) is 0.917. The second-order valence-corrected chi connectivity index (χ2v) is 7.11. The lowest BCUT2D eigenvalue weighted by Crippen LogP contribution is -2.31. The molecule has 0 aromatic heterocycles. The van der Waals surface area contributed by atoms with Crippen molar-refractivity contribution in [2.75, 3.05) is 13.1 Å². The molecule has 0 saturated carbocycles. The van der Waals surface area contributed by atoms with Crippen LogP contribution in [0.5, 0.6) is 0 Å². The van der Waals surface area contributed by atoms with Crippen molar-refractivity contribution >= 4 is 10.0 Å². The average Bonchev–Trinajstić information content (AvgIpc) is 2.83. The zero-order chi connectivity index (χ0) is 14.9. The maximum absolute atomic E-state index is 13.5. The molecule has 0 amide bonds. The second-order valence-electron chi connectivity index (χ2n) is 5.14. The minimum absolute atomic E-state index is 0.0492. The van der Waals surface area contributed by atoms with Gasteiger partial charge in [-0.1, -0.05) is 6.07 Å². The minimum Gasteiger partial charge on any atom is -0.393 e. The van der Waals surface area contributed by atoms with E-state index in [-0.39, 0.29) is 18.0 Å². The van der Waals surface area contributed by atoms with Gasteiger partial charge in [0.1, 0.15) is 11.6 Å². The van der Waals surface area contributed by atoms with Gasteiger partial charge in [0, 0.05) is 24.7 Å². The molecule has 2 atom stereocenters. The fraction of sp³-hybridized carbons (Fsp3) is 0.538. The molecule has 1 aliphatic heterocycles. The summed E-state index contributed by atoms with van der Waals surface area (Å²) in [5.74, 6) is -2.19. The maximum Gasteiger partial charge on any atom is 0.218 e. The van der Waals surface area contributed by atoms with Crippen LogP contribution in [0.25, 0.3) is 0 Å². The highest BCUT2D eigenvalue weighted by molar-refractivity contribution is 7.88. The number of aliphatic hydroxyl groups is 1. The van der Waals surface area contributed by atoms with Gasteiger partial charge in [0.2, 0.25) is 10.0 Å². The summed E-state index contributed by atoms with van der Waals surface area (Å²) >= 11 is 0. The molecule has 0 aliphatic carbocycles. The van der Waals surface area contributed by atoms with E-state index in [9.17, 15) is 22.3 Å².